The highest BCUT2D eigenvalue weighted by Gasteiger charge is 2.28. The van der Waals surface area contributed by atoms with Crippen LogP contribution in [0.5, 0.6) is 23.1 Å². The summed E-state index contributed by atoms with van der Waals surface area (Å²) in [5, 5.41) is 20.4. The van der Waals surface area contributed by atoms with Crippen molar-refractivity contribution in [3.8, 4) is 23.1 Å². The van der Waals surface area contributed by atoms with Gasteiger partial charge in [0.05, 0.1) is 20.5 Å². The van der Waals surface area contributed by atoms with Gasteiger partial charge in [0.1, 0.15) is 11.5 Å². The number of hydrogen-bond acceptors (Lipinski definition) is 6. The number of aromatic nitrogens is 1. The Balaban J connectivity index is 1.56. The van der Waals surface area contributed by atoms with E-state index in [2.05, 4.69) is 4.98 Å². The molecule has 3 aromatic rings. The van der Waals surface area contributed by atoms with Gasteiger partial charge in [0.15, 0.2) is 5.75 Å². The summed E-state index contributed by atoms with van der Waals surface area (Å²) in [5.74, 6) is -0.103. The maximum absolute atomic E-state index is 12.8. The Kier molecular flexibility index (Phi) is 6.37. The van der Waals surface area contributed by atoms with Gasteiger partial charge >= 0.3 is 4.87 Å². The molecule has 1 aromatic heterocycles. The van der Waals surface area contributed by atoms with Crippen LogP contribution < -0.4 is 9.61 Å². The molecule has 1 saturated carbocycles. The van der Waals surface area contributed by atoms with E-state index in [9.17, 15) is 19.8 Å². The summed E-state index contributed by atoms with van der Waals surface area (Å²) in [4.78, 5) is 28.3. The van der Waals surface area contributed by atoms with Crippen LogP contribution >= 0.6 is 34.5 Å². The number of carbonyl (C=O) groups is 1. The number of amides is 1. The Hall–Kier alpha value is -2.68. The minimum Gasteiger partial charge on any atom is -0.507 e. The number of halogens is 2. The molecule has 0 atom stereocenters. The molecule has 3 N–H and O–H groups in total. The minimum atomic E-state index is -0.352. The second kappa shape index (κ2) is 9.05. The second-order valence-electron chi connectivity index (χ2n) is 7.63. The van der Waals surface area contributed by atoms with Gasteiger partial charge < -0.3 is 19.8 Å². The van der Waals surface area contributed by atoms with E-state index < -0.39 is 0 Å². The molecule has 4 rings (SSSR count). The van der Waals surface area contributed by atoms with Crippen LogP contribution in [0.2, 0.25) is 10.0 Å². The van der Waals surface area contributed by atoms with E-state index in [1.165, 1.54) is 18.2 Å². The van der Waals surface area contributed by atoms with Crippen molar-refractivity contribution in [1.29, 1.82) is 0 Å². The molecule has 0 aliphatic heterocycles. The Morgan fingerprint density at radius 1 is 1.22 bits per heavy atom. The van der Waals surface area contributed by atoms with Gasteiger partial charge in [-0.25, -0.2) is 0 Å². The van der Waals surface area contributed by atoms with Gasteiger partial charge in [-0.05, 0) is 55.2 Å². The summed E-state index contributed by atoms with van der Waals surface area (Å²) >= 11 is 13.7. The Morgan fingerprint density at radius 3 is 2.47 bits per heavy atom. The molecule has 1 aliphatic rings. The third-order valence-electron chi connectivity index (χ3n) is 5.48. The molecule has 1 amide bonds. The van der Waals surface area contributed by atoms with Crippen LogP contribution in [0.3, 0.4) is 0 Å². The number of benzene rings is 2. The van der Waals surface area contributed by atoms with Crippen LogP contribution in [-0.4, -0.2) is 39.1 Å². The predicted molar refractivity (Wildman–Crippen MR) is 124 cm³/mol. The minimum absolute atomic E-state index is 0.133. The van der Waals surface area contributed by atoms with Gasteiger partial charge in [0, 0.05) is 19.5 Å². The molecule has 0 unspecified atom stereocenters. The molecule has 0 radical (unpaired) electrons. The lowest BCUT2D eigenvalue weighted by Crippen LogP contribution is -2.41. The molecule has 1 heterocycles. The topological polar surface area (TPSA) is 103 Å². The molecular weight excluding hydrogens is 475 g/mol. The normalized spacial score (nSPS) is 13.6. The number of hydrogen-bond donors (Lipinski definition) is 3. The first-order valence-electron chi connectivity index (χ1n) is 9.90. The largest absolute Gasteiger partial charge is 0.507 e. The number of phenolic OH excluding ortho intramolecular Hbond substituents is 1. The molecule has 0 saturated heterocycles. The van der Waals surface area contributed by atoms with Gasteiger partial charge in [0.2, 0.25) is 5.88 Å². The summed E-state index contributed by atoms with van der Waals surface area (Å²) in [6.07, 6.45) is 3.26. The molecule has 32 heavy (non-hydrogen) atoms. The maximum Gasteiger partial charge on any atom is 0.307 e. The Bertz CT molecular complexity index is 1210. The SMILES string of the molecule is CN(C(=O)c1cc(Oc2c(Cl)cc(Cc3sc(=O)[nH]c3O)cc2Cl)ccc1O)C1CCC1. The van der Waals surface area contributed by atoms with E-state index in [-0.39, 0.29) is 56.2 Å². The number of phenols is 1. The van der Waals surface area contributed by atoms with Crippen LogP contribution in [-0.2, 0) is 6.42 Å². The van der Waals surface area contributed by atoms with Gasteiger partial charge in [-0.15, -0.1) is 0 Å². The van der Waals surface area contributed by atoms with Crippen molar-refractivity contribution in [2.45, 2.75) is 31.7 Å². The summed E-state index contributed by atoms with van der Waals surface area (Å²) in [7, 11) is 1.73. The molecule has 0 bridgehead atoms. The Labute approximate surface area is 197 Å². The zero-order chi connectivity index (χ0) is 23.0. The first-order chi connectivity index (χ1) is 15.2. The summed E-state index contributed by atoms with van der Waals surface area (Å²) in [6, 6.07) is 7.81. The lowest BCUT2D eigenvalue weighted by Gasteiger charge is -2.34. The molecule has 168 valence electrons. The standard InChI is InChI=1S/C22H20Cl2N2O5S/c1-26(12-3-2-4-12)21(29)14-10-13(5-6-17(14)27)31-19-15(23)7-11(8-16(19)24)9-18-20(28)25-22(30)32-18/h5-8,10,12,27-28H,2-4,9H2,1H3,(H,25,30). The van der Waals surface area contributed by atoms with E-state index >= 15 is 0 Å². The molecule has 7 nitrogen and oxygen atoms in total. The molecular formula is C22H20Cl2N2O5S. The molecule has 1 fully saturated rings. The number of H-pyrrole nitrogens is 1. The third kappa shape index (κ3) is 4.57. The van der Waals surface area contributed by atoms with Gasteiger partial charge in [0.25, 0.3) is 5.91 Å². The molecule has 10 heteroatoms. The quantitative estimate of drug-likeness (QED) is 0.438. The first kappa shape index (κ1) is 22.5. The fourth-order valence-corrected chi connectivity index (χ4v) is 4.83. The highest BCUT2D eigenvalue weighted by molar-refractivity contribution is 7.09. The highest BCUT2D eigenvalue weighted by atomic mass is 35.5. The van der Waals surface area contributed by atoms with Crippen LogP contribution in [0.25, 0.3) is 0 Å². The van der Waals surface area contributed by atoms with Crippen LogP contribution in [0, 0.1) is 0 Å². The summed E-state index contributed by atoms with van der Waals surface area (Å²) in [6.45, 7) is 0. The van der Waals surface area contributed by atoms with Crippen molar-refractivity contribution in [3.05, 3.63) is 66.0 Å². The lowest BCUT2D eigenvalue weighted by atomic mass is 9.91. The number of nitrogens with zero attached hydrogens (tertiary/aromatic N) is 1. The fourth-order valence-electron chi connectivity index (χ4n) is 3.47. The number of aromatic amines is 1. The van der Waals surface area contributed by atoms with Gasteiger partial charge in [-0.2, -0.15) is 0 Å². The highest BCUT2D eigenvalue weighted by Crippen LogP contribution is 2.39. The monoisotopic (exact) mass is 494 g/mol. The van der Waals surface area contributed by atoms with Crippen molar-refractivity contribution in [1.82, 2.24) is 9.88 Å². The summed E-state index contributed by atoms with van der Waals surface area (Å²) < 4.78 is 5.85. The lowest BCUT2D eigenvalue weighted by molar-refractivity contribution is 0.0648. The van der Waals surface area contributed by atoms with Crippen molar-refractivity contribution >= 4 is 40.4 Å². The van der Waals surface area contributed by atoms with E-state index in [0.29, 0.717) is 16.2 Å². The van der Waals surface area contributed by atoms with Crippen molar-refractivity contribution in [3.63, 3.8) is 0 Å². The van der Waals surface area contributed by atoms with Crippen molar-refractivity contribution in [2.75, 3.05) is 7.05 Å². The fraction of sp³-hybridized carbons (Fsp3) is 0.273. The van der Waals surface area contributed by atoms with Gasteiger partial charge in [-0.3, -0.25) is 14.6 Å². The van der Waals surface area contributed by atoms with E-state index in [1.807, 2.05) is 0 Å². The maximum atomic E-state index is 12.8. The zero-order valence-corrected chi connectivity index (χ0v) is 19.4. The number of carbonyl (C=O) groups excluding carboxylic acids is 1. The van der Waals surface area contributed by atoms with Crippen LogP contribution in [0.4, 0.5) is 0 Å². The average molecular weight is 495 g/mol. The predicted octanol–water partition coefficient (Wildman–Crippen LogP) is 5.16. The number of aromatic hydroxyl groups is 2. The third-order valence-corrected chi connectivity index (χ3v) is 6.92. The number of thiazole rings is 1. The molecule has 1 aliphatic carbocycles. The summed E-state index contributed by atoms with van der Waals surface area (Å²) in [5.41, 5.74) is 0.820. The smallest absolute Gasteiger partial charge is 0.307 e. The van der Waals surface area contributed by atoms with E-state index in [4.69, 9.17) is 27.9 Å². The van der Waals surface area contributed by atoms with Crippen molar-refractivity contribution < 1.29 is 19.7 Å². The number of rotatable bonds is 6. The molecule has 0 spiro atoms. The Morgan fingerprint density at radius 2 is 1.91 bits per heavy atom. The first-order valence-corrected chi connectivity index (χ1v) is 11.5. The van der Waals surface area contributed by atoms with E-state index in [0.717, 1.165) is 30.6 Å². The number of nitrogens with one attached hydrogen (secondary N) is 1. The van der Waals surface area contributed by atoms with Crippen LogP contribution in [0.1, 0.15) is 40.1 Å². The van der Waals surface area contributed by atoms with E-state index in [1.54, 1.807) is 24.1 Å². The van der Waals surface area contributed by atoms with Gasteiger partial charge in [-0.1, -0.05) is 34.5 Å². The second-order valence-corrected chi connectivity index (χ2v) is 9.52. The van der Waals surface area contributed by atoms with Crippen molar-refractivity contribution in [2.24, 2.45) is 0 Å². The van der Waals surface area contributed by atoms with Crippen LogP contribution in [0.15, 0.2) is 35.1 Å². The zero-order valence-electron chi connectivity index (χ0n) is 17.0. The average Bonchev–Trinajstić information content (AvgIpc) is 3.00. The number of ether oxygens (including phenoxy) is 1. The molecule has 2 aromatic carbocycles.